The first kappa shape index (κ1) is 11.4. The third-order valence-electron chi connectivity index (χ3n) is 4.29. The number of hydrogen-bond acceptors (Lipinski definition) is 2. The summed E-state index contributed by atoms with van der Waals surface area (Å²) in [6.45, 7) is 0. The molecule has 2 atom stereocenters. The number of aliphatic carboxylic acids is 2. The summed E-state index contributed by atoms with van der Waals surface area (Å²) in [5.74, 6) is -0.807. The molecule has 4 heteroatoms. The van der Waals surface area contributed by atoms with E-state index < -0.39 is 11.9 Å². The average molecular weight is 226 g/mol. The molecule has 0 heterocycles. The van der Waals surface area contributed by atoms with E-state index in [1.54, 1.807) is 0 Å². The first-order valence-electron chi connectivity index (χ1n) is 6.02. The van der Waals surface area contributed by atoms with Crippen molar-refractivity contribution in [1.29, 1.82) is 0 Å². The van der Waals surface area contributed by atoms with Crippen LogP contribution in [-0.2, 0) is 9.59 Å². The lowest BCUT2D eigenvalue weighted by Gasteiger charge is -2.44. The second-order valence-corrected chi connectivity index (χ2v) is 5.22. The van der Waals surface area contributed by atoms with E-state index in [4.69, 9.17) is 10.2 Å². The smallest absolute Gasteiger partial charge is 0.306 e. The Balaban J connectivity index is 2.07. The summed E-state index contributed by atoms with van der Waals surface area (Å²) < 4.78 is 0. The lowest BCUT2D eigenvalue weighted by atomic mass is 9.60. The second kappa shape index (κ2) is 4.44. The van der Waals surface area contributed by atoms with Crippen molar-refractivity contribution in [1.82, 2.24) is 0 Å². The zero-order valence-electron chi connectivity index (χ0n) is 9.26. The largest absolute Gasteiger partial charge is 0.481 e. The predicted octanol–water partition coefficient (Wildman–Crippen LogP) is 1.99. The number of fused-ring (bicyclic) bond motifs is 2. The molecule has 2 rings (SSSR count). The minimum Gasteiger partial charge on any atom is -0.481 e. The zero-order valence-corrected chi connectivity index (χ0v) is 9.26. The highest BCUT2D eigenvalue weighted by molar-refractivity contribution is 5.70. The molecule has 0 saturated heterocycles. The minimum absolute atomic E-state index is 0.224. The molecular formula is C12H18O4. The van der Waals surface area contributed by atoms with Crippen molar-refractivity contribution in [3.63, 3.8) is 0 Å². The molecule has 0 radical (unpaired) electrons. The molecule has 0 spiro atoms. The molecule has 0 aromatic heterocycles. The molecule has 0 aromatic rings. The molecule has 4 nitrogen and oxygen atoms in total. The van der Waals surface area contributed by atoms with Gasteiger partial charge in [0.2, 0.25) is 0 Å². The molecule has 2 unspecified atom stereocenters. The number of rotatable bonds is 3. The summed E-state index contributed by atoms with van der Waals surface area (Å²) in [4.78, 5) is 21.8. The fourth-order valence-electron chi connectivity index (χ4n) is 3.60. The zero-order chi connectivity index (χ0) is 11.7. The lowest BCUT2D eigenvalue weighted by Crippen LogP contribution is -2.39. The van der Waals surface area contributed by atoms with E-state index in [9.17, 15) is 9.59 Å². The van der Waals surface area contributed by atoms with Crippen LogP contribution in [-0.4, -0.2) is 22.2 Å². The molecule has 2 bridgehead atoms. The topological polar surface area (TPSA) is 74.6 Å². The SMILES string of the molecule is O=C(O)CC1C2CCCC1CC(C(=O)O)C2. The van der Waals surface area contributed by atoms with Crippen LogP contribution in [0.1, 0.15) is 38.5 Å². The Bertz CT molecular complexity index is 285. The highest BCUT2D eigenvalue weighted by atomic mass is 16.4. The van der Waals surface area contributed by atoms with E-state index in [0.717, 1.165) is 19.3 Å². The molecule has 2 fully saturated rings. The highest BCUT2D eigenvalue weighted by Gasteiger charge is 2.42. The maximum Gasteiger partial charge on any atom is 0.306 e. The van der Waals surface area contributed by atoms with Crippen LogP contribution in [0.15, 0.2) is 0 Å². The van der Waals surface area contributed by atoms with Gasteiger partial charge in [-0.3, -0.25) is 9.59 Å². The van der Waals surface area contributed by atoms with Crippen LogP contribution in [0.25, 0.3) is 0 Å². The van der Waals surface area contributed by atoms with Gasteiger partial charge in [-0.15, -0.1) is 0 Å². The second-order valence-electron chi connectivity index (χ2n) is 5.22. The normalized spacial score (nSPS) is 38.0. The molecule has 0 aromatic carbocycles. The fourth-order valence-corrected chi connectivity index (χ4v) is 3.60. The Hall–Kier alpha value is -1.06. The van der Waals surface area contributed by atoms with E-state index in [1.807, 2.05) is 0 Å². The van der Waals surface area contributed by atoms with Gasteiger partial charge >= 0.3 is 11.9 Å². The van der Waals surface area contributed by atoms with Crippen molar-refractivity contribution < 1.29 is 19.8 Å². The molecule has 2 N–H and O–H groups in total. The molecule has 0 aliphatic heterocycles. The maximum absolute atomic E-state index is 11.0. The number of carbonyl (C=O) groups is 2. The van der Waals surface area contributed by atoms with Crippen molar-refractivity contribution >= 4 is 11.9 Å². The van der Waals surface area contributed by atoms with E-state index >= 15 is 0 Å². The third-order valence-corrected chi connectivity index (χ3v) is 4.29. The van der Waals surface area contributed by atoms with E-state index in [0.29, 0.717) is 24.7 Å². The molecule has 2 aliphatic rings. The quantitative estimate of drug-likeness (QED) is 0.771. The Morgan fingerprint density at radius 1 is 1.06 bits per heavy atom. The van der Waals surface area contributed by atoms with Crippen LogP contribution in [0, 0.1) is 23.7 Å². The van der Waals surface area contributed by atoms with Crippen molar-refractivity contribution in [3.05, 3.63) is 0 Å². The molecule has 2 saturated carbocycles. The monoisotopic (exact) mass is 226 g/mol. The van der Waals surface area contributed by atoms with Crippen molar-refractivity contribution in [2.24, 2.45) is 23.7 Å². The number of carboxylic acids is 2. The number of carboxylic acid groups (broad SMARTS) is 2. The Morgan fingerprint density at radius 3 is 2.06 bits per heavy atom. The summed E-state index contributed by atoms with van der Waals surface area (Å²) in [5.41, 5.74) is 0. The fraction of sp³-hybridized carbons (Fsp3) is 0.833. The standard InChI is InChI=1S/C12H18O4/c13-11(14)6-10-7-2-1-3-8(10)5-9(4-7)12(15)16/h7-10H,1-6H2,(H,13,14)(H,15,16). The average Bonchev–Trinajstić information content (AvgIpc) is 2.15. The van der Waals surface area contributed by atoms with Gasteiger partial charge in [0.1, 0.15) is 0 Å². The summed E-state index contributed by atoms with van der Waals surface area (Å²) >= 11 is 0. The van der Waals surface area contributed by atoms with Gasteiger partial charge in [0, 0.05) is 6.42 Å². The van der Waals surface area contributed by atoms with Crippen LogP contribution in [0.3, 0.4) is 0 Å². The van der Waals surface area contributed by atoms with Gasteiger partial charge in [-0.05, 0) is 30.6 Å². The van der Waals surface area contributed by atoms with Gasteiger partial charge < -0.3 is 10.2 Å². The highest BCUT2D eigenvalue weighted by Crippen LogP contribution is 2.48. The van der Waals surface area contributed by atoms with E-state index in [1.165, 1.54) is 0 Å². The molecule has 16 heavy (non-hydrogen) atoms. The first-order valence-corrected chi connectivity index (χ1v) is 6.02. The first-order chi connectivity index (χ1) is 7.58. The molecular weight excluding hydrogens is 208 g/mol. The number of hydrogen-bond donors (Lipinski definition) is 2. The Labute approximate surface area is 94.7 Å². The Kier molecular flexibility index (Phi) is 3.17. The lowest BCUT2D eigenvalue weighted by molar-refractivity contribution is -0.147. The van der Waals surface area contributed by atoms with Crippen molar-refractivity contribution in [3.8, 4) is 0 Å². The van der Waals surface area contributed by atoms with Crippen LogP contribution in [0.5, 0.6) is 0 Å². The van der Waals surface area contributed by atoms with Gasteiger partial charge in [0.05, 0.1) is 5.92 Å². The van der Waals surface area contributed by atoms with Gasteiger partial charge in [-0.1, -0.05) is 19.3 Å². The van der Waals surface area contributed by atoms with Gasteiger partial charge in [0.25, 0.3) is 0 Å². The van der Waals surface area contributed by atoms with Crippen LogP contribution in [0.2, 0.25) is 0 Å². The summed E-state index contributed by atoms with van der Waals surface area (Å²) in [7, 11) is 0. The van der Waals surface area contributed by atoms with E-state index in [-0.39, 0.29) is 18.3 Å². The van der Waals surface area contributed by atoms with Gasteiger partial charge in [-0.25, -0.2) is 0 Å². The summed E-state index contributed by atoms with van der Waals surface area (Å²) in [6, 6.07) is 0. The third kappa shape index (κ3) is 2.20. The van der Waals surface area contributed by atoms with Crippen molar-refractivity contribution in [2.45, 2.75) is 38.5 Å². The van der Waals surface area contributed by atoms with Gasteiger partial charge in [0.15, 0.2) is 0 Å². The molecule has 2 aliphatic carbocycles. The van der Waals surface area contributed by atoms with Crippen molar-refractivity contribution in [2.75, 3.05) is 0 Å². The minimum atomic E-state index is -0.740. The Morgan fingerprint density at radius 2 is 1.62 bits per heavy atom. The summed E-state index contributed by atoms with van der Waals surface area (Å²) in [5, 5.41) is 17.9. The van der Waals surface area contributed by atoms with E-state index in [2.05, 4.69) is 0 Å². The molecule has 90 valence electrons. The van der Waals surface area contributed by atoms with Crippen LogP contribution in [0.4, 0.5) is 0 Å². The molecule has 0 amide bonds. The summed E-state index contributed by atoms with van der Waals surface area (Å²) in [6.07, 6.45) is 4.75. The van der Waals surface area contributed by atoms with Gasteiger partial charge in [-0.2, -0.15) is 0 Å². The van der Waals surface area contributed by atoms with Crippen LogP contribution < -0.4 is 0 Å². The predicted molar refractivity (Wildman–Crippen MR) is 56.9 cm³/mol. The van der Waals surface area contributed by atoms with Crippen LogP contribution >= 0.6 is 0 Å². The maximum atomic E-state index is 11.0.